The maximum absolute atomic E-state index is 13.4. The lowest BCUT2D eigenvalue weighted by atomic mass is 10.1. The Morgan fingerprint density at radius 3 is 2.63 bits per heavy atom. The summed E-state index contributed by atoms with van der Waals surface area (Å²) in [7, 11) is -3.77. The maximum Gasteiger partial charge on any atom is 0.243 e. The number of hydrogen-bond acceptors (Lipinski definition) is 4. The summed E-state index contributed by atoms with van der Waals surface area (Å²) in [6.45, 7) is 0.442. The summed E-state index contributed by atoms with van der Waals surface area (Å²) < 4.78 is 40.3. The molecular formula is C19H15ClFN3O2S. The zero-order chi connectivity index (χ0) is 19.0. The molecule has 8 heteroatoms. The van der Waals surface area contributed by atoms with Gasteiger partial charge >= 0.3 is 0 Å². The van der Waals surface area contributed by atoms with E-state index in [1.54, 1.807) is 18.3 Å². The minimum absolute atomic E-state index is 0.0512. The Balaban J connectivity index is 1.61. The highest BCUT2D eigenvalue weighted by Crippen LogP contribution is 2.26. The van der Waals surface area contributed by atoms with Gasteiger partial charge in [0.05, 0.1) is 10.6 Å². The van der Waals surface area contributed by atoms with E-state index in [4.69, 9.17) is 11.6 Å². The summed E-state index contributed by atoms with van der Waals surface area (Å²) >= 11 is 5.91. The van der Waals surface area contributed by atoms with E-state index in [0.29, 0.717) is 17.3 Å². The molecule has 27 heavy (non-hydrogen) atoms. The van der Waals surface area contributed by atoms with Crippen molar-refractivity contribution in [2.75, 3.05) is 6.54 Å². The molecule has 138 valence electrons. The summed E-state index contributed by atoms with van der Waals surface area (Å²) in [5.74, 6) is -0.00345. The van der Waals surface area contributed by atoms with Gasteiger partial charge in [-0.05, 0) is 42.5 Å². The van der Waals surface area contributed by atoms with Crippen LogP contribution in [0.25, 0.3) is 11.4 Å². The molecular weight excluding hydrogens is 389 g/mol. The van der Waals surface area contributed by atoms with Gasteiger partial charge in [-0.3, -0.25) is 0 Å². The molecule has 0 aliphatic carbocycles. The molecule has 4 rings (SSSR count). The van der Waals surface area contributed by atoms with Crippen LogP contribution in [0, 0.1) is 5.82 Å². The van der Waals surface area contributed by atoms with Crippen LogP contribution in [-0.4, -0.2) is 29.2 Å². The van der Waals surface area contributed by atoms with E-state index in [1.807, 2.05) is 12.1 Å². The first-order valence-corrected chi connectivity index (χ1v) is 10.1. The largest absolute Gasteiger partial charge is 0.243 e. The molecule has 0 N–H and O–H groups in total. The van der Waals surface area contributed by atoms with Crippen LogP contribution in [0.5, 0.6) is 0 Å². The van der Waals surface area contributed by atoms with Crippen LogP contribution in [0.15, 0.2) is 59.6 Å². The maximum atomic E-state index is 13.4. The Kier molecular flexibility index (Phi) is 4.67. The fraction of sp³-hybridized carbons (Fsp3) is 0.158. The summed E-state index contributed by atoms with van der Waals surface area (Å²) in [5, 5.41) is 0.634. The number of rotatable bonds is 3. The van der Waals surface area contributed by atoms with Gasteiger partial charge in [0.15, 0.2) is 5.82 Å². The second-order valence-electron chi connectivity index (χ2n) is 6.22. The molecule has 0 bridgehead atoms. The zero-order valence-corrected chi connectivity index (χ0v) is 15.7. The third kappa shape index (κ3) is 3.58. The lowest BCUT2D eigenvalue weighted by molar-refractivity contribution is 0.386. The molecule has 1 aliphatic heterocycles. The standard InChI is InChI=1S/C19H15ClFN3O2S/c20-15-6-4-13(5-7-15)19-22-11-14-12-24(9-8-18(14)23-19)27(25,26)17-3-1-2-16(21)10-17/h1-7,10-11H,8-9,12H2. The Morgan fingerprint density at radius 2 is 1.89 bits per heavy atom. The Labute approximate surface area is 161 Å². The van der Waals surface area contributed by atoms with Crippen LogP contribution in [0.1, 0.15) is 11.3 Å². The van der Waals surface area contributed by atoms with E-state index in [1.165, 1.54) is 22.5 Å². The van der Waals surface area contributed by atoms with Crippen LogP contribution in [0.3, 0.4) is 0 Å². The lowest BCUT2D eigenvalue weighted by Gasteiger charge is -2.27. The van der Waals surface area contributed by atoms with Crippen molar-refractivity contribution in [3.63, 3.8) is 0 Å². The van der Waals surface area contributed by atoms with Gasteiger partial charge in [0.2, 0.25) is 10.0 Å². The number of benzene rings is 2. The minimum Gasteiger partial charge on any atom is -0.236 e. The molecule has 2 aromatic carbocycles. The van der Waals surface area contributed by atoms with Gasteiger partial charge in [0.25, 0.3) is 0 Å². The van der Waals surface area contributed by atoms with Gasteiger partial charge in [-0.25, -0.2) is 22.8 Å². The van der Waals surface area contributed by atoms with Crippen LogP contribution in [0.2, 0.25) is 5.02 Å². The normalized spacial score (nSPS) is 14.7. The van der Waals surface area contributed by atoms with Crippen molar-refractivity contribution in [3.8, 4) is 11.4 Å². The first-order valence-electron chi connectivity index (χ1n) is 8.30. The van der Waals surface area contributed by atoms with E-state index in [9.17, 15) is 12.8 Å². The summed E-state index contributed by atoms with van der Waals surface area (Å²) in [6.07, 6.45) is 2.12. The summed E-state index contributed by atoms with van der Waals surface area (Å²) in [6, 6.07) is 12.3. The topological polar surface area (TPSA) is 63.2 Å². The highest BCUT2D eigenvalue weighted by molar-refractivity contribution is 7.89. The van der Waals surface area contributed by atoms with Gasteiger partial charge in [-0.2, -0.15) is 4.31 Å². The van der Waals surface area contributed by atoms with E-state index >= 15 is 0 Å². The van der Waals surface area contributed by atoms with E-state index in [0.717, 1.165) is 22.9 Å². The van der Waals surface area contributed by atoms with Gasteiger partial charge in [-0.15, -0.1) is 0 Å². The van der Waals surface area contributed by atoms with Crippen molar-refractivity contribution in [3.05, 3.63) is 76.8 Å². The fourth-order valence-corrected chi connectivity index (χ4v) is 4.59. The van der Waals surface area contributed by atoms with Crippen molar-refractivity contribution < 1.29 is 12.8 Å². The van der Waals surface area contributed by atoms with E-state index < -0.39 is 15.8 Å². The highest BCUT2D eigenvalue weighted by atomic mass is 35.5. The third-order valence-corrected chi connectivity index (χ3v) is 6.53. The van der Waals surface area contributed by atoms with Crippen molar-refractivity contribution in [2.24, 2.45) is 0 Å². The zero-order valence-electron chi connectivity index (χ0n) is 14.1. The smallest absolute Gasteiger partial charge is 0.236 e. The first-order chi connectivity index (χ1) is 12.9. The number of fused-ring (bicyclic) bond motifs is 1. The van der Waals surface area contributed by atoms with E-state index in [-0.39, 0.29) is 18.0 Å². The molecule has 2 heterocycles. The van der Waals surface area contributed by atoms with E-state index in [2.05, 4.69) is 9.97 Å². The van der Waals surface area contributed by atoms with Crippen molar-refractivity contribution in [1.29, 1.82) is 0 Å². The molecule has 0 spiro atoms. The summed E-state index contributed by atoms with van der Waals surface area (Å²) in [4.78, 5) is 8.89. The Bertz CT molecular complexity index is 1100. The average molecular weight is 404 g/mol. The molecule has 0 amide bonds. The number of hydrogen-bond donors (Lipinski definition) is 0. The van der Waals surface area contributed by atoms with Gasteiger partial charge < -0.3 is 0 Å². The van der Waals surface area contributed by atoms with Crippen LogP contribution < -0.4 is 0 Å². The molecule has 5 nitrogen and oxygen atoms in total. The predicted octanol–water partition coefficient (Wildman–Crippen LogP) is 3.68. The van der Waals surface area contributed by atoms with Crippen LogP contribution in [0.4, 0.5) is 4.39 Å². The molecule has 0 saturated carbocycles. The predicted molar refractivity (Wildman–Crippen MR) is 100 cm³/mol. The highest BCUT2D eigenvalue weighted by Gasteiger charge is 2.29. The van der Waals surface area contributed by atoms with Gasteiger partial charge in [-0.1, -0.05) is 17.7 Å². The fourth-order valence-electron chi connectivity index (χ4n) is 3.01. The van der Waals surface area contributed by atoms with Crippen molar-refractivity contribution in [1.82, 2.24) is 14.3 Å². The molecule has 0 unspecified atom stereocenters. The van der Waals surface area contributed by atoms with Crippen LogP contribution >= 0.6 is 11.6 Å². The molecule has 0 radical (unpaired) electrons. The number of nitrogens with zero attached hydrogens (tertiary/aromatic N) is 3. The first kappa shape index (κ1) is 18.0. The average Bonchev–Trinajstić information content (AvgIpc) is 2.68. The van der Waals surface area contributed by atoms with Crippen molar-refractivity contribution in [2.45, 2.75) is 17.9 Å². The third-order valence-electron chi connectivity index (χ3n) is 4.44. The van der Waals surface area contributed by atoms with Crippen molar-refractivity contribution >= 4 is 21.6 Å². The molecule has 1 aliphatic rings. The summed E-state index contributed by atoms with van der Waals surface area (Å²) in [5.41, 5.74) is 2.41. The SMILES string of the molecule is O=S(=O)(c1cccc(F)c1)N1CCc2nc(-c3ccc(Cl)cc3)ncc2C1. The Morgan fingerprint density at radius 1 is 1.11 bits per heavy atom. The lowest BCUT2D eigenvalue weighted by Crippen LogP contribution is -2.36. The molecule has 0 saturated heterocycles. The second-order valence-corrected chi connectivity index (χ2v) is 8.59. The number of halogens is 2. The number of sulfonamides is 1. The molecule has 0 atom stereocenters. The monoisotopic (exact) mass is 403 g/mol. The second kappa shape index (κ2) is 6.99. The number of aromatic nitrogens is 2. The van der Waals surface area contributed by atoms with Gasteiger partial charge in [0, 0.05) is 41.9 Å². The molecule has 1 aromatic heterocycles. The molecule has 0 fully saturated rings. The van der Waals surface area contributed by atoms with Gasteiger partial charge in [0.1, 0.15) is 5.82 Å². The van der Waals surface area contributed by atoms with Crippen LogP contribution in [-0.2, 0) is 23.0 Å². The molecule has 3 aromatic rings. The minimum atomic E-state index is -3.77. The quantitative estimate of drug-likeness (QED) is 0.669. The Hall–Kier alpha value is -2.35.